The fourth-order valence-electron chi connectivity index (χ4n) is 3.93. The van der Waals surface area contributed by atoms with Gasteiger partial charge in [-0.1, -0.05) is 69.3 Å². The van der Waals surface area contributed by atoms with Gasteiger partial charge in [0.05, 0.1) is 6.04 Å². The molecular weight excluding hydrogens is 346 g/mol. The number of hydrogen-bond acceptors (Lipinski definition) is 3. The van der Waals surface area contributed by atoms with E-state index in [1.54, 1.807) is 0 Å². The molecule has 28 heavy (non-hydrogen) atoms. The first-order chi connectivity index (χ1) is 13.4. The minimum absolute atomic E-state index is 0.108. The minimum atomic E-state index is -0.171. The lowest BCUT2D eigenvalue weighted by Gasteiger charge is -2.39. The van der Waals surface area contributed by atoms with Gasteiger partial charge in [-0.2, -0.15) is 0 Å². The van der Waals surface area contributed by atoms with Crippen LogP contribution in [0.4, 0.5) is 5.69 Å². The zero-order valence-electron chi connectivity index (χ0n) is 17.6. The Morgan fingerprint density at radius 2 is 1.57 bits per heavy atom. The normalized spacial score (nSPS) is 16.1. The lowest BCUT2D eigenvalue weighted by atomic mass is 9.85. The van der Waals surface area contributed by atoms with Gasteiger partial charge in [0.15, 0.2) is 0 Å². The summed E-state index contributed by atoms with van der Waals surface area (Å²) in [6.07, 6.45) is 0.725. The number of nitrogens with zero attached hydrogens (tertiary/aromatic N) is 2. The molecule has 1 aliphatic rings. The number of carbonyl (C=O) groups is 1. The zero-order chi connectivity index (χ0) is 20.1. The zero-order valence-corrected chi connectivity index (χ0v) is 17.6. The van der Waals surface area contributed by atoms with E-state index >= 15 is 0 Å². The summed E-state index contributed by atoms with van der Waals surface area (Å²) in [5.74, 6) is 0.204. The van der Waals surface area contributed by atoms with E-state index in [0.29, 0.717) is 0 Å². The molecule has 1 N–H and O–H groups in total. The van der Waals surface area contributed by atoms with Crippen LogP contribution in [0.25, 0.3) is 0 Å². The van der Waals surface area contributed by atoms with E-state index in [2.05, 4.69) is 67.4 Å². The van der Waals surface area contributed by atoms with Crippen molar-refractivity contribution in [3.8, 4) is 0 Å². The minimum Gasteiger partial charge on any atom is -0.368 e. The maximum atomic E-state index is 13.0. The molecule has 0 bridgehead atoms. The van der Waals surface area contributed by atoms with Crippen LogP contribution in [0.3, 0.4) is 0 Å². The van der Waals surface area contributed by atoms with Crippen LogP contribution in [-0.2, 0) is 16.6 Å². The molecule has 0 spiro atoms. The Labute approximate surface area is 169 Å². The van der Waals surface area contributed by atoms with Crippen LogP contribution >= 0.6 is 0 Å². The monoisotopic (exact) mass is 379 g/mol. The Balaban J connectivity index is 1.64. The van der Waals surface area contributed by atoms with Gasteiger partial charge in [-0.15, -0.1) is 0 Å². The van der Waals surface area contributed by atoms with Gasteiger partial charge in [-0.3, -0.25) is 4.79 Å². The number of likely N-dealkylation sites (N-methyl/N-ethyl adjacent to an activating group) is 1. The van der Waals surface area contributed by atoms with Gasteiger partial charge < -0.3 is 15.1 Å². The van der Waals surface area contributed by atoms with E-state index in [9.17, 15) is 4.79 Å². The summed E-state index contributed by atoms with van der Waals surface area (Å²) < 4.78 is 0. The number of anilines is 1. The van der Waals surface area contributed by atoms with Crippen LogP contribution in [0.15, 0.2) is 54.6 Å². The van der Waals surface area contributed by atoms with E-state index in [1.807, 2.05) is 30.1 Å². The summed E-state index contributed by atoms with van der Waals surface area (Å²) in [5.41, 5.74) is 3.97. The Morgan fingerprint density at radius 3 is 2.18 bits per heavy atom. The molecule has 150 valence electrons. The highest BCUT2D eigenvalue weighted by molar-refractivity contribution is 5.82. The SMILES string of the molecule is CNC(Cc1ccccc1)C(=O)N1CCN(c2ccccc2C(C)(C)C)CC1. The van der Waals surface area contributed by atoms with E-state index in [4.69, 9.17) is 0 Å². The van der Waals surface area contributed by atoms with Crippen LogP contribution in [-0.4, -0.2) is 50.1 Å². The summed E-state index contributed by atoms with van der Waals surface area (Å²) >= 11 is 0. The molecule has 2 aromatic carbocycles. The van der Waals surface area contributed by atoms with Gasteiger partial charge in [-0.25, -0.2) is 0 Å². The fraction of sp³-hybridized carbons (Fsp3) is 0.458. The molecule has 1 aliphatic heterocycles. The molecule has 2 aromatic rings. The summed E-state index contributed by atoms with van der Waals surface area (Å²) in [4.78, 5) is 17.5. The van der Waals surface area contributed by atoms with Crippen molar-refractivity contribution in [1.82, 2.24) is 10.2 Å². The second-order valence-corrected chi connectivity index (χ2v) is 8.61. The molecule has 1 atom stereocenters. The van der Waals surface area contributed by atoms with Gasteiger partial charge in [0.1, 0.15) is 0 Å². The topological polar surface area (TPSA) is 35.6 Å². The smallest absolute Gasteiger partial charge is 0.240 e. The highest BCUT2D eigenvalue weighted by Gasteiger charge is 2.28. The Bertz CT molecular complexity index is 774. The molecule has 4 heteroatoms. The first-order valence-corrected chi connectivity index (χ1v) is 10.2. The number of hydrogen-bond donors (Lipinski definition) is 1. The average Bonchev–Trinajstić information content (AvgIpc) is 2.72. The summed E-state index contributed by atoms with van der Waals surface area (Å²) in [6, 6.07) is 18.7. The number of rotatable bonds is 5. The lowest BCUT2D eigenvalue weighted by molar-refractivity contribution is -0.133. The number of carbonyl (C=O) groups excluding carboxylic acids is 1. The van der Waals surface area contributed by atoms with E-state index < -0.39 is 0 Å². The molecule has 1 unspecified atom stereocenters. The molecule has 0 aliphatic carbocycles. The molecule has 0 aromatic heterocycles. The number of piperazine rings is 1. The quantitative estimate of drug-likeness (QED) is 0.864. The number of nitrogens with one attached hydrogen (secondary N) is 1. The van der Waals surface area contributed by atoms with Crippen LogP contribution in [0.5, 0.6) is 0 Å². The van der Waals surface area contributed by atoms with Crippen molar-refractivity contribution in [2.75, 3.05) is 38.1 Å². The summed E-state index contributed by atoms with van der Waals surface area (Å²) in [6.45, 7) is 10.1. The largest absolute Gasteiger partial charge is 0.368 e. The van der Waals surface area contributed by atoms with Crippen molar-refractivity contribution >= 4 is 11.6 Å². The van der Waals surface area contributed by atoms with E-state index in [1.165, 1.54) is 16.8 Å². The Morgan fingerprint density at radius 1 is 0.964 bits per heavy atom. The molecule has 1 saturated heterocycles. The second-order valence-electron chi connectivity index (χ2n) is 8.61. The van der Waals surface area contributed by atoms with Crippen molar-refractivity contribution in [1.29, 1.82) is 0 Å². The van der Waals surface area contributed by atoms with Crippen molar-refractivity contribution in [3.63, 3.8) is 0 Å². The molecule has 3 rings (SSSR count). The maximum Gasteiger partial charge on any atom is 0.240 e. The predicted octanol–water partition coefficient (Wildman–Crippen LogP) is 3.46. The number of amides is 1. The second kappa shape index (κ2) is 8.78. The number of para-hydroxylation sites is 1. The van der Waals surface area contributed by atoms with Crippen molar-refractivity contribution in [3.05, 3.63) is 65.7 Å². The van der Waals surface area contributed by atoms with Crippen molar-refractivity contribution in [2.45, 2.75) is 38.6 Å². The highest BCUT2D eigenvalue weighted by Crippen LogP contribution is 2.32. The third kappa shape index (κ3) is 4.74. The molecule has 1 heterocycles. The van der Waals surface area contributed by atoms with Gasteiger partial charge >= 0.3 is 0 Å². The highest BCUT2D eigenvalue weighted by atomic mass is 16.2. The third-order valence-electron chi connectivity index (χ3n) is 5.57. The summed E-state index contributed by atoms with van der Waals surface area (Å²) in [5, 5.41) is 3.21. The standard InChI is InChI=1S/C24H33N3O/c1-24(2,3)20-12-8-9-13-22(20)26-14-16-27(17-15-26)23(28)21(25-4)18-19-10-6-5-7-11-19/h5-13,21,25H,14-18H2,1-4H3. The van der Waals surface area contributed by atoms with Crippen molar-refractivity contribution in [2.24, 2.45) is 0 Å². The van der Waals surface area contributed by atoms with Crippen molar-refractivity contribution < 1.29 is 4.79 Å². The summed E-state index contributed by atoms with van der Waals surface area (Å²) in [7, 11) is 1.88. The molecule has 4 nitrogen and oxygen atoms in total. The Kier molecular flexibility index (Phi) is 6.40. The Hall–Kier alpha value is -2.33. The lowest BCUT2D eigenvalue weighted by Crippen LogP contribution is -2.54. The van der Waals surface area contributed by atoms with Crippen LogP contribution in [0.1, 0.15) is 31.9 Å². The predicted molar refractivity (Wildman–Crippen MR) is 117 cm³/mol. The number of benzene rings is 2. The van der Waals surface area contributed by atoms with Crippen LogP contribution in [0.2, 0.25) is 0 Å². The first kappa shape index (κ1) is 20.4. The molecule has 1 fully saturated rings. The van der Waals surface area contributed by atoms with Gasteiger partial charge in [0, 0.05) is 31.9 Å². The first-order valence-electron chi connectivity index (χ1n) is 10.2. The van der Waals surface area contributed by atoms with Gasteiger partial charge in [0.2, 0.25) is 5.91 Å². The van der Waals surface area contributed by atoms with E-state index in [-0.39, 0.29) is 17.4 Å². The molecule has 1 amide bonds. The molecule has 0 radical (unpaired) electrons. The van der Waals surface area contributed by atoms with Gasteiger partial charge in [-0.05, 0) is 36.1 Å². The maximum absolute atomic E-state index is 13.0. The van der Waals surface area contributed by atoms with Crippen LogP contribution < -0.4 is 10.2 Å². The van der Waals surface area contributed by atoms with Gasteiger partial charge in [0.25, 0.3) is 0 Å². The van der Waals surface area contributed by atoms with Crippen LogP contribution in [0, 0.1) is 0 Å². The third-order valence-corrected chi connectivity index (χ3v) is 5.57. The van der Waals surface area contributed by atoms with E-state index in [0.717, 1.165) is 32.6 Å². The fourth-order valence-corrected chi connectivity index (χ4v) is 3.93. The molecule has 0 saturated carbocycles. The molecular formula is C24H33N3O. The average molecular weight is 380 g/mol.